The molecule has 0 aliphatic carbocycles. The highest BCUT2D eigenvalue weighted by Gasteiger charge is 1.98. The van der Waals surface area contributed by atoms with Crippen LogP contribution in [0.15, 0.2) is 23.4 Å². The summed E-state index contributed by atoms with van der Waals surface area (Å²) in [5.41, 5.74) is 0. The zero-order valence-corrected chi connectivity index (χ0v) is 5.44. The Bertz CT molecular complexity index is 137. The second kappa shape index (κ2) is 2.23. The normalized spacial score (nSPS) is 26.8. The molecule has 0 bridgehead atoms. The van der Waals surface area contributed by atoms with Gasteiger partial charge in [0.25, 0.3) is 0 Å². The molecular formula is C6H8ClN. The van der Waals surface area contributed by atoms with Crippen LogP contribution in [0.3, 0.4) is 0 Å². The van der Waals surface area contributed by atoms with Crippen LogP contribution in [0.5, 0.6) is 0 Å². The van der Waals surface area contributed by atoms with Crippen LogP contribution in [0.2, 0.25) is 0 Å². The van der Waals surface area contributed by atoms with Crippen molar-refractivity contribution < 1.29 is 0 Å². The molecule has 0 saturated carbocycles. The topological polar surface area (TPSA) is 12.0 Å². The zero-order chi connectivity index (χ0) is 5.98. The molecule has 2 heteroatoms. The van der Waals surface area contributed by atoms with Crippen molar-refractivity contribution in [2.24, 2.45) is 0 Å². The van der Waals surface area contributed by atoms with Crippen molar-refractivity contribution in [2.75, 3.05) is 0 Å². The van der Waals surface area contributed by atoms with Crippen LogP contribution in [-0.4, -0.2) is 6.04 Å². The minimum atomic E-state index is 0.382. The van der Waals surface area contributed by atoms with Crippen LogP contribution >= 0.6 is 11.6 Å². The highest BCUT2D eigenvalue weighted by Crippen LogP contribution is 2.04. The van der Waals surface area contributed by atoms with Gasteiger partial charge in [-0.05, 0) is 13.0 Å². The SMILES string of the molecule is CC1C=CC=C(Cl)N1. The van der Waals surface area contributed by atoms with Gasteiger partial charge in [0.2, 0.25) is 0 Å². The van der Waals surface area contributed by atoms with Gasteiger partial charge in [-0.2, -0.15) is 0 Å². The maximum Gasteiger partial charge on any atom is 0.102 e. The van der Waals surface area contributed by atoms with Crippen molar-refractivity contribution in [3.63, 3.8) is 0 Å². The highest BCUT2D eigenvalue weighted by molar-refractivity contribution is 6.29. The van der Waals surface area contributed by atoms with Gasteiger partial charge < -0.3 is 5.32 Å². The first-order chi connectivity index (χ1) is 3.79. The van der Waals surface area contributed by atoms with Gasteiger partial charge in [-0.1, -0.05) is 23.8 Å². The second-order valence-corrected chi connectivity index (χ2v) is 2.24. The summed E-state index contributed by atoms with van der Waals surface area (Å²) in [6.07, 6.45) is 5.83. The standard InChI is InChI=1S/C6H8ClN/c1-5-3-2-4-6(7)8-5/h2-5,8H,1H3. The number of dihydropyridines is 1. The van der Waals surface area contributed by atoms with Crippen molar-refractivity contribution in [3.8, 4) is 0 Å². The number of allylic oxidation sites excluding steroid dienone is 2. The van der Waals surface area contributed by atoms with Gasteiger partial charge in [0.1, 0.15) is 5.16 Å². The fourth-order valence-corrected chi connectivity index (χ4v) is 0.865. The molecule has 1 N–H and O–H groups in total. The van der Waals surface area contributed by atoms with E-state index in [0.717, 1.165) is 5.16 Å². The van der Waals surface area contributed by atoms with Crippen LogP contribution in [-0.2, 0) is 0 Å². The Morgan fingerprint density at radius 2 is 2.50 bits per heavy atom. The van der Waals surface area contributed by atoms with Crippen LogP contribution in [0.1, 0.15) is 6.92 Å². The molecule has 1 atom stereocenters. The summed E-state index contributed by atoms with van der Waals surface area (Å²) in [5, 5.41) is 3.74. The molecule has 44 valence electrons. The van der Waals surface area contributed by atoms with E-state index in [1.54, 1.807) is 0 Å². The van der Waals surface area contributed by atoms with Crippen molar-refractivity contribution in [1.29, 1.82) is 0 Å². The monoisotopic (exact) mass is 129 g/mol. The molecule has 0 aromatic rings. The smallest absolute Gasteiger partial charge is 0.102 e. The van der Waals surface area contributed by atoms with E-state index in [0.29, 0.717) is 6.04 Å². The predicted molar refractivity (Wildman–Crippen MR) is 35.7 cm³/mol. The zero-order valence-electron chi connectivity index (χ0n) is 4.69. The summed E-state index contributed by atoms with van der Waals surface area (Å²) in [7, 11) is 0. The molecule has 0 saturated heterocycles. The van der Waals surface area contributed by atoms with E-state index in [1.165, 1.54) is 0 Å². The molecular weight excluding hydrogens is 122 g/mol. The van der Waals surface area contributed by atoms with Crippen LogP contribution in [0.25, 0.3) is 0 Å². The van der Waals surface area contributed by atoms with E-state index in [2.05, 4.69) is 5.32 Å². The van der Waals surface area contributed by atoms with E-state index >= 15 is 0 Å². The Balaban J connectivity index is 2.59. The van der Waals surface area contributed by atoms with Crippen molar-refractivity contribution in [1.82, 2.24) is 5.32 Å². The number of halogens is 1. The molecule has 1 aliphatic rings. The Morgan fingerprint density at radius 1 is 1.75 bits per heavy atom. The average Bonchev–Trinajstić information content (AvgIpc) is 1.64. The summed E-state index contributed by atoms with van der Waals surface area (Å²) in [6, 6.07) is 0.382. The molecule has 1 aliphatic heterocycles. The maximum absolute atomic E-state index is 5.61. The number of nitrogens with one attached hydrogen (secondary N) is 1. The van der Waals surface area contributed by atoms with E-state index in [4.69, 9.17) is 11.6 Å². The summed E-state index contributed by atoms with van der Waals surface area (Å²) >= 11 is 5.61. The van der Waals surface area contributed by atoms with Gasteiger partial charge >= 0.3 is 0 Å². The largest absolute Gasteiger partial charge is 0.370 e. The first-order valence-corrected chi connectivity index (χ1v) is 2.97. The molecule has 8 heavy (non-hydrogen) atoms. The van der Waals surface area contributed by atoms with Gasteiger partial charge in [0.05, 0.1) is 0 Å². The Morgan fingerprint density at radius 3 is 2.88 bits per heavy atom. The lowest BCUT2D eigenvalue weighted by Crippen LogP contribution is -2.22. The van der Waals surface area contributed by atoms with Crippen molar-refractivity contribution in [2.45, 2.75) is 13.0 Å². The van der Waals surface area contributed by atoms with Crippen molar-refractivity contribution >= 4 is 11.6 Å². The highest BCUT2D eigenvalue weighted by atomic mass is 35.5. The fraction of sp³-hybridized carbons (Fsp3) is 0.333. The van der Waals surface area contributed by atoms with Gasteiger partial charge in [-0.25, -0.2) is 0 Å². The van der Waals surface area contributed by atoms with E-state index in [1.807, 2.05) is 25.2 Å². The summed E-state index contributed by atoms with van der Waals surface area (Å²) < 4.78 is 0. The maximum atomic E-state index is 5.61. The average molecular weight is 130 g/mol. The number of rotatable bonds is 0. The number of hydrogen-bond donors (Lipinski definition) is 1. The summed E-state index contributed by atoms with van der Waals surface area (Å²) in [6.45, 7) is 2.05. The minimum absolute atomic E-state index is 0.382. The van der Waals surface area contributed by atoms with Gasteiger partial charge in [0, 0.05) is 6.04 Å². The quantitative estimate of drug-likeness (QED) is 0.490. The molecule has 1 unspecified atom stereocenters. The first kappa shape index (κ1) is 5.70. The summed E-state index contributed by atoms with van der Waals surface area (Å²) in [4.78, 5) is 0. The van der Waals surface area contributed by atoms with E-state index in [-0.39, 0.29) is 0 Å². The molecule has 1 rings (SSSR count). The fourth-order valence-electron chi connectivity index (χ4n) is 0.620. The third-order valence-electron chi connectivity index (χ3n) is 1.01. The lowest BCUT2D eigenvalue weighted by molar-refractivity contribution is 0.748. The van der Waals surface area contributed by atoms with Gasteiger partial charge in [-0.3, -0.25) is 0 Å². The molecule has 1 heterocycles. The van der Waals surface area contributed by atoms with Gasteiger partial charge in [-0.15, -0.1) is 0 Å². The van der Waals surface area contributed by atoms with Crippen LogP contribution in [0, 0.1) is 0 Å². The molecule has 0 amide bonds. The van der Waals surface area contributed by atoms with E-state index < -0.39 is 0 Å². The van der Waals surface area contributed by atoms with Crippen LogP contribution < -0.4 is 5.32 Å². The number of hydrogen-bond acceptors (Lipinski definition) is 1. The van der Waals surface area contributed by atoms with E-state index in [9.17, 15) is 0 Å². The third-order valence-corrected chi connectivity index (χ3v) is 1.24. The lowest BCUT2D eigenvalue weighted by Gasteiger charge is -2.11. The predicted octanol–water partition coefficient (Wildman–Crippen LogP) is 1.61. The van der Waals surface area contributed by atoms with Gasteiger partial charge in [0.15, 0.2) is 0 Å². The van der Waals surface area contributed by atoms with Crippen LogP contribution in [0.4, 0.5) is 0 Å². The molecule has 1 nitrogen and oxygen atoms in total. The lowest BCUT2D eigenvalue weighted by atomic mass is 10.2. The molecule has 0 radical (unpaired) electrons. The molecule has 0 aromatic carbocycles. The minimum Gasteiger partial charge on any atom is -0.370 e. The Kier molecular flexibility index (Phi) is 1.59. The Labute approximate surface area is 54.0 Å². The molecule has 0 fully saturated rings. The molecule has 0 spiro atoms. The second-order valence-electron chi connectivity index (χ2n) is 1.83. The summed E-state index contributed by atoms with van der Waals surface area (Å²) in [5.74, 6) is 0. The molecule has 0 aromatic heterocycles. The first-order valence-electron chi connectivity index (χ1n) is 2.59. The van der Waals surface area contributed by atoms with Crippen molar-refractivity contribution in [3.05, 3.63) is 23.4 Å². The third kappa shape index (κ3) is 1.27. The Hall–Kier alpha value is -0.430.